The lowest BCUT2D eigenvalue weighted by atomic mass is 9.84. The third-order valence-electron chi connectivity index (χ3n) is 3.19. The zero-order valence-electron chi connectivity index (χ0n) is 10.0. The van der Waals surface area contributed by atoms with Gasteiger partial charge in [-0.05, 0) is 25.3 Å². The largest absolute Gasteiger partial charge is 0.348 e. The normalized spacial score (nSPS) is 22.5. The van der Waals surface area contributed by atoms with Crippen LogP contribution in [0, 0.1) is 5.92 Å². The van der Waals surface area contributed by atoms with Gasteiger partial charge in [-0.25, -0.2) is 4.98 Å². The van der Waals surface area contributed by atoms with Crippen molar-refractivity contribution in [1.29, 1.82) is 0 Å². The minimum absolute atomic E-state index is 0. The number of aromatic nitrogens is 1. The summed E-state index contributed by atoms with van der Waals surface area (Å²) in [7, 11) is 0. The van der Waals surface area contributed by atoms with Crippen LogP contribution in [0.2, 0.25) is 0 Å². The van der Waals surface area contributed by atoms with Gasteiger partial charge < -0.3 is 11.1 Å². The van der Waals surface area contributed by atoms with Crippen molar-refractivity contribution in [2.45, 2.75) is 31.7 Å². The Labute approximate surface area is 124 Å². The molecule has 0 spiro atoms. The Morgan fingerprint density at radius 3 is 2.78 bits per heavy atom. The zero-order valence-corrected chi connectivity index (χ0v) is 12.5. The Bertz CT molecular complexity index is 348. The van der Waals surface area contributed by atoms with Crippen LogP contribution < -0.4 is 11.1 Å². The highest BCUT2D eigenvalue weighted by molar-refractivity contribution is 7.07. The first kappa shape index (κ1) is 17.6. The third-order valence-corrected chi connectivity index (χ3v) is 3.78. The van der Waals surface area contributed by atoms with Gasteiger partial charge >= 0.3 is 0 Å². The van der Waals surface area contributed by atoms with E-state index >= 15 is 0 Å². The summed E-state index contributed by atoms with van der Waals surface area (Å²) in [5.41, 5.74) is 7.92. The predicted molar refractivity (Wildman–Crippen MR) is 78.9 cm³/mol. The molecule has 3 N–H and O–H groups in total. The molecule has 0 aliphatic heterocycles. The molecule has 7 heteroatoms. The SMILES string of the molecule is Cl.Cl.NCC1CCCCC1NC(=O)c1cscn1. The highest BCUT2D eigenvalue weighted by atomic mass is 35.5. The molecular weight excluding hydrogens is 293 g/mol. The second-order valence-corrected chi connectivity index (χ2v) is 4.95. The van der Waals surface area contributed by atoms with E-state index in [-0.39, 0.29) is 36.8 Å². The summed E-state index contributed by atoms with van der Waals surface area (Å²) in [6.45, 7) is 0.655. The monoisotopic (exact) mass is 311 g/mol. The molecule has 0 bridgehead atoms. The summed E-state index contributed by atoms with van der Waals surface area (Å²) in [6.07, 6.45) is 4.57. The van der Waals surface area contributed by atoms with Gasteiger partial charge in [0.1, 0.15) is 5.69 Å². The first-order valence-corrected chi connectivity index (χ1v) is 6.64. The Morgan fingerprint density at radius 2 is 2.17 bits per heavy atom. The molecular formula is C11H19Cl2N3OS. The molecule has 18 heavy (non-hydrogen) atoms. The van der Waals surface area contributed by atoms with E-state index in [9.17, 15) is 4.79 Å². The van der Waals surface area contributed by atoms with Crippen molar-refractivity contribution < 1.29 is 4.79 Å². The van der Waals surface area contributed by atoms with Crippen LogP contribution in [0.1, 0.15) is 36.2 Å². The maximum absolute atomic E-state index is 11.8. The van der Waals surface area contributed by atoms with Crippen LogP contribution in [0.4, 0.5) is 0 Å². The van der Waals surface area contributed by atoms with Crippen molar-refractivity contribution in [2.24, 2.45) is 11.7 Å². The fourth-order valence-electron chi connectivity index (χ4n) is 2.25. The number of nitrogens with two attached hydrogens (primary N) is 1. The summed E-state index contributed by atoms with van der Waals surface area (Å²) in [5, 5.41) is 4.82. The van der Waals surface area contributed by atoms with Crippen LogP contribution in [-0.2, 0) is 0 Å². The number of nitrogens with one attached hydrogen (secondary N) is 1. The van der Waals surface area contributed by atoms with Crippen molar-refractivity contribution in [2.75, 3.05) is 6.54 Å². The number of amides is 1. The minimum Gasteiger partial charge on any atom is -0.348 e. The summed E-state index contributed by atoms with van der Waals surface area (Å²) < 4.78 is 0. The molecule has 1 heterocycles. The Kier molecular flexibility index (Phi) is 8.52. The van der Waals surface area contributed by atoms with Crippen molar-refractivity contribution in [3.05, 3.63) is 16.6 Å². The van der Waals surface area contributed by atoms with Gasteiger partial charge in [0.2, 0.25) is 0 Å². The molecule has 2 rings (SSSR count). The average Bonchev–Trinajstić information content (AvgIpc) is 2.83. The molecule has 0 aromatic carbocycles. The standard InChI is InChI=1S/C11H17N3OS.2ClH/c12-5-8-3-1-2-4-9(8)14-11(15)10-6-16-7-13-10;;/h6-9H,1-5,12H2,(H,14,15);2*1H. The van der Waals surface area contributed by atoms with Gasteiger partial charge in [0.15, 0.2) is 0 Å². The van der Waals surface area contributed by atoms with Gasteiger partial charge in [0.05, 0.1) is 5.51 Å². The van der Waals surface area contributed by atoms with Gasteiger partial charge in [0, 0.05) is 11.4 Å². The van der Waals surface area contributed by atoms with Crippen molar-refractivity contribution >= 4 is 42.1 Å². The van der Waals surface area contributed by atoms with Crippen LogP contribution in [0.3, 0.4) is 0 Å². The summed E-state index contributed by atoms with van der Waals surface area (Å²) in [4.78, 5) is 15.8. The van der Waals surface area contributed by atoms with Crippen LogP contribution >= 0.6 is 36.2 Å². The lowest BCUT2D eigenvalue weighted by Gasteiger charge is -2.31. The number of carbonyl (C=O) groups excluding carboxylic acids is 1. The van der Waals surface area contributed by atoms with E-state index in [4.69, 9.17) is 5.73 Å². The molecule has 1 saturated carbocycles. The number of carbonyl (C=O) groups is 1. The smallest absolute Gasteiger partial charge is 0.270 e. The van der Waals surface area contributed by atoms with E-state index in [1.165, 1.54) is 24.2 Å². The van der Waals surface area contributed by atoms with Crippen LogP contribution in [0.5, 0.6) is 0 Å². The van der Waals surface area contributed by atoms with Gasteiger partial charge in [-0.15, -0.1) is 36.2 Å². The van der Waals surface area contributed by atoms with Crippen LogP contribution in [-0.4, -0.2) is 23.5 Å². The topological polar surface area (TPSA) is 68.0 Å². The Hall–Kier alpha value is -0.360. The van der Waals surface area contributed by atoms with Crippen LogP contribution in [0.25, 0.3) is 0 Å². The highest BCUT2D eigenvalue weighted by Gasteiger charge is 2.25. The van der Waals surface area contributed by atoms with Gasteiger partial charge in [0.25, 0.3) is 5.91 Å². The number of halogens is 2. The molecule has 1 aromatic rings. The van der Waals surface area contributed by atoms with E-state index < -0.39 is 0 Å². The quantitative estimate of drug-likeness (QED) is 0.899. The zero-order chi connectivity index (χ0) is 11.4. The molecule has 1 aromatic heterocycles. The lowest BCUT2D eigenvalue weighted by molar-refractivity contribution is 0.0903. The number of thiazole rings is 1. The van der Waals surface area contributed by atoms with Crippen LogP contribution in [0.15, 0.2) is 10.9 Å². The first-order chi connectivity index (χ1) is 7.81. The number of hydrogen-bond acceptors (Lipinski definition) is 4. The van der Waals surface area contributed by atoms with E-state index in [0.717, 1.165) is 12.8 Å². The lowest BCUT2D eigenvalue weighted by Crippen LogP contribution is -2.44. The molecule has 0 radical (unpaired) electrons. The third kappa shape index (κ3) is 4.39. The highest BCUT2D eigenvalue weighted by Crippen LogP contribution is 2.23. The second-order valence-electron chi connectivity index (χ2n) is 4.23. The molecule has 2 unspecified atom stereocenters. The molecule has 2 atom stereocenters. The molecule has 1 aliphatic carbocycles. The van der Waals surface area contributed by atoms with Crippen molar-refractivity contribution in [3.63, 3.8) is 0 Å². The molecule has 0 saturated heterocycles. The van der Waals surface area contributed by atoms with E-state index in [2.05, 4.69) is 10.3 Å². The molecule has 4 nitrogen and oxygen atoms in total. The van der Waals surface area contributed by atoms with Gasteiger partial charge in [-0.3, -0.25) is 4.79 Å². The molecule has 1 aliphatic rings. The van der Waals surface area contributed by atoms with E-state index in [1.807, 2.05) is 0 Å². The number of nitrogens with zero attached hydrogens (tertiary/aromatic N) is 1. The molecule has 104 valence electrons. The van der Waals surface area contributed by atoms with E-state index in [0.29, 0.717) is 18.2 Å². The summed E-state index contributed by atoms with van der Waals surface area (Å²) >= 11 is 1.44. The fourth-order valence-corrected chi connectivity index (χ4v) is 2.78. The van der Waals surface area contributed by atoms with Crippen molar-refractivity contribution in [3.8, 4) is 0 Å². The van der Waals surface area contributed by atoms with Crippen molar-refractivity contribution in [1.82, 2.24) is 10.3 Å². The minimum atomic E-state index is -0.0633. The first-order valence-electron chi connectivity index (χ1n) is 5.70. The fraction of sp³-hybridized carbons (Fsp3) is 0.636. The molecule has 1 fully saturated rings. The second kappa shape index (κ2) is 8.69. The maximum atomic E-state index is 11.8. The summed E-state index contributed by atoms with van der Waals surface area (Å²) in [5.74, 6) is 0.364. The van der Waals surface area contributed by atoms with Gasteiger partial charge in [-0.1, -0.05) is 12.8 Å². The van der Waals surface area contributed by atoms with E-state index in [1.54, 1.807) is 10.9 Å². The predicted octanol–water partition coefficient (Wildman–Crippen LogP) is 2.23. The Balaban J connectivity index is 0.00000144. The Morgan fingerprint density at radius 1 is 1.44 bits per heavy atom. The summed E-state index contributed by atoms with van der Waals surface area (Å²) in [6, 6.07) is 0.230. The van der Waals surface area contributed by atoms with Gasteiger partial charge in [-0.2, -0.15) is 0 Å². The number of rotatable bonds is 3. The number of hydrogen-bond donors (Lipinski definition) is 2. The molecule has 1 amide bonds. The maximum Gasteiger partial charge on any atom is 0.270 e. The average molecular weight is 312 g/mol.